The van der Waals surface area contributed by atoms with Gasteiger partial charge in [0.25, 0.3) is 0 Å². The fourth-order valence-electron chi connectivity index (χ4n) is 3.47. The molecule has 1 aliphatic rings. The minimum Gasteiger partial charge on any atom is -0.360 e. The molecule has 1 fully saturated rings. The van der Waals surface area contributed by atoms with Crippen LogP contribution in [0.5, 0.6) is 0 Å². The summed E-state index contributed by atoms with van der Waals surface area (Å²) < 4.78 is 0. The molecule has 2 heterocycles. The van der Waals surface area contributed by atoms with Crippen molar-refractivity contribution in [3.05, 3.63) is 35.5 Å². The molecule has 0 radical (unpaired) electrons. The van der Waals surface area contributed by atoms with Crippen LogP contribution >= 0.6 is 0 Å². The number of fused-ring (bicyclic) bond motifs is 1. The van der Waals surface area contributed by atoms with Crippen molar-refractivity contribution in [1.29, 1.82) is 0 Å². The molecule has 0 unspecified atom stereocenters. The molecule has 2 aromatic rings. The Labute approximate surface area is 126 Å². The number of aryl methyl sites for hydroxylation is 1. The Bertz CT molecular complexity index is 644. The highest BCUT2D eigenvalue weighted by atomic mass is 16.1. The quantitative estimate of drug-likeness (QED) is 0.864. The average Bonchev–Trinajstić information content (AvgIpc) is 2.90. The summed E-state index contributed by atoms with van der Waals surface area (Å²) in [5.74, 6) is 0.243. The third kappa shape index (κ3) is 2.88. The van der Waals surface area contributed by atoms with Gasteiger partial charge in [0.05, 0.1) is 6.54 Å². The molecule has 3 rings (SSSR count). The summed E-state index contributed by atoms with van der Waals surface area (Å²) in [6, 6.07) is 6.81. The number of H-pyrrole nitrogens is 1. The average molecular weight is 284 g/mol. The van der Waals surface area contributed by atoms with Crippen LogP contribution < -0.4 is 0 Å². The molecular weight excluding hydrogens is 260 g/mol. The first-order valence-corrected chi connectivity index (χ1v) is 8.04. The summed E-state index contributed by atoms with van der Waals surface area (Å²) in [5, 5.41) is 1.06. The van der Waals surface area contributed by atoms with Crippen LogP contribution in [0.4, 0.5) is 0 Å². The van der Waals surface area contributed by atoms with Crippen molar-refractivity contribution in [2.24, 2.45) is 0 Å². The number of carbonyl (C=O) groups is 1. The lowest BCUT2D eigenvalue weighted by atomic mass is 9.99. The van der Waals surface area contributed by atoms with Gasteiger partial charge in [-0.3, -0.25) is 9.69 Å². The van der Waals surface area contributed by atoms with Gasteiger partial charge in [-0.05, 0) is 44.9 Å². The van der Waals surface area contributed by atoms with E-state index in [1.165, 1.54) is 24.8 Å². The SMILES string of the molecule is CC[C@@H]1CCCCN1CC(=O)c1c[nH]c2ccc(C)cc12. The van der Waals surface area contributed by atoms with Crippen LogP contribution in [0, 0.1) is 6.92 Å². The van der Waals surface area contributed by atoms with Crippen molar-refractivity contribution in [2.45, 2.75) is 45.6 Å². The van der Waals surface area contributed by atoms with E-state index in [4.69, 9.17) is 0 Å². The summed E-state index contributed by atoms with van der Waals surface area (Å²) in [7, 11) is 0. The lowest BCUT2D eigenvalue weighted by Gasteiger charge is -2.34. The van der Waals surface area contributed by atoms with Crippen LogP contribution in [0.1, 0.15) is 48.5 Å². The Balaban J connectivity index is 1.82. The predicted octanol–water partition coefficient (Wildman–Crippen LogP) is 3.92. The molecule has 1 aromatic heterocycles. The fourth-order valence-corrected chi connectivity index (χ4v) is 3.47. The summed E-state index contributed by atoms with van der Waals surface area (Å²) in [6.45, 7) is 5.91. The standard InChI is InChI=1S/C18H24N2O/c1-3-14-6-4-5-9-20(14)12-18(21)16-11-19-17-8-7-13(2)10-15(16)17/h7-8,10-11,14,19H,3-6,9,12H2,1-2H3/t14-/m1/s1. The second kappa shape index (κ2) is 6.02. The number of nitrogens with one attached hydrogen (secondary N) is 1. The summed E-state index contributed by atoms with van der Waals surface area (Å²) >= 11 is 0. The minimum atomic E-state index is 0.243. The number of rotatable bonds is 4. The maximum atomic E-state index is 12.7. The maximum Gasteiger partial charge on any atom is 0.178 e. The second-order valence-corrected chi connectivity index (χ2v) is 6.20. The van der Waals surface area contributed by atoms with E-state index in [1.807, 2.05) is 6.20 Å². The van der Waals surface area contributed by atoms with Crippen molar-refractivity contribution in [3.63, 3.8) is 0 Å². The number of aromatic amines is 1. The molecular formula is C18H24N2O. The minimum absolute atomic E-state index is 0.243. The molecule has 21 heavy (non-hydrogen) atoms. The van der Waals surface area contributed by atoms with E-state index in [9.17, 15) is 4.79 Å². The number of nitrogens with zero attached hydrogens (tertiary/aromatic N) is 1. The van der Waals surface area contributed by atoms with Gasteiger partial charge >= 0.3 is 0 Å². The number of hydrogen-bond donors (Lipinski definition) is 1. The molecule has 0 amide bonds. The first-order valence-electron chi connectivity index (χ1n) is 8.04. The molecule has 0 spiro atoms. The number of hydrogen-bond acceptors (Lipinski definition) is 2. The third-order valence-electron chi connectivity index (χ3n) is 4.70. The van der Waals surface area contributed by atoms with Crippen LogP contribution in [0.2, 0.25) is 0 Å². The van der Waals surface area contributed by atoms with Crippen molar-refractivity contribution in [1.82, 2.24) is 9.88 Å². The smallest absolute Gasteiger partial charge is 0.178 e. The Kier molecular flexibility index (Phi) is 4.11. The Hall–Kier alpha value is -1.61. The Morgan fingerprint density at radius 3 is 3.05 bits per heavy atom. The van der Waals surface area contributed by atoms with Crippen LogP contribution in [-0.2, 0) is 0 Å². The molecule has 3 heteroatoms. The maximum absolute atomic E-state index is 12.7. The third-order valence-corrected chi connectivity index (χ3v) is 4.70. The highest BCUT2D eigenvalue weighted by Gasteiger charge is 2.24. The second-order valence-electron chi connectivity index (χ2n) is 6.20. The van der Waals surface area contributed by atoms with Crippen molar-refractivity contribution in [2.75, 3.05) is 13.1 Å². The number of likely N-dealkylation sites (tertiary alicyclic amines) is 1. The normalized spacial score (nSPS) is 20.0. The van der Waals surface area contributed by atoms with Crippen molar-refractivity contribution >= 4 is 16.7 Å². The lowest BCUT2D eigenvalue weighted by molar-refractivity contribution is 0.0840. The Morgan fingerprint density at radius 2 is 2.24 bits per heavy atom. The van der Waals surface area contributed by atoms with Gasteiger partial charge in [-0.25, -0.2) is 0 Å². The molecule has 0 saturated carbocycles. The van der Waals surface area contributed by atoms with E-state index in [2.05, 4.69) is 41.9 Å². The molecule has 0 bridgehead atoms. The highest BCUT2D eigenvalue weighted by molar-refractivity contribution is 6.08. The zero-order valence-electron chi connectivity index (χ0n) is 13.0. The predicted molar refractivity (Wildman–Crippen MR) is 86.9 cm³/mol. The topological polar surface area (TPSA) is 36.1 Å². The van der Waals surface area contributed by atoms with Crippen molar-refractivity contribution in [3.8, 4) is 0 Å². The highest BCUT2D eigenvalue weighted by Crippen LogP contribution is 2.23. The van der Waals surface area contributed by atoms with Gasteiger partial charge < -0.3 is 4.98 Å². The van der Waals surface area contributed by atoms with E-state index in [-0.39, 0.29) is 5.78 Å². The molecule has 0 aliphatic carbocycles. The van der Waals surface area contributed by atoms with Gasteiger partial charge in [0.1, 0.15) is 0 Å². The van der Waals surface area contributed by atoms with Gasteiger partial charge in [0.2, 0.25) is 0 Å². The van der Waals surface area contributed by atoms with Gasteiger partial charge in [-0.15, -0.1) is 0 Å². The van der Waals surface area contributed by atoms with E-state index in [0.29, 0.717) is 12.6 Å². The monoisotopic (exact) mass is 284 g/mol. The fraction of sp³-hybridized carbons (Fsp3) is 0.500. The van der Waals surface area contributed by atoms with Crippen molar-refractivity contribution < 1.29 is 4.79 Å². The summed E-state index contributed by atoms with van der Waals surface area (Å²) in [4.78, 5) is 18.3. The van der Waals surface area contributed by atoms with Gasteiger partial charge in [-0.1, -0.05) is 25.0 Å². The molecule has 1 saturated heterocycles. The molecule has 1 aliphatic heterocycles. The van der Waals surface area contributed by atoms with Gasteiger partial charge in [0, 0.05) is 28.7 Å². The first-order chi connectivity index (χ1) is 10.2. The molecule has 1 N–H and O–H groups in total. The van der Waals surface area contributed by atoms with Crippen LogP contribution in [0.25, 0.3) is 10.9 Å². The van der Waals surface area contributed by atoms with Crippen LogP contribution in [0.3, 0.4) is 0 Å². The van der Waals surface area contributed by atoms with Gasteiger partial charge in [-0.2, -0.15) is 0 Å². The Morgan fingerprint density at radius 1 is 1.38 bits per heavy atom. The van der Waals surface area contributed by atoms with Crippen LogP contribution in [-0.4, -0.2) is 34.8 Å². The number of carbonyl (C=O) groups excluding carboxylic acids is 1. The summed E-state index contributed by atoms with van der Waals surface area (Å²) in [6.07, 6.45) is 6.76. The largest absolute Gasteiger partial charge is 0.360 e. The zero-order chi connectivity index (χ0) is 14.8. The molecule has 1 atom stereocenters. The number of ketones is 1. The summed E-state index contributed by atoms with van der Waals surface area (Å²) in [5.41, 5.74) is 3.09. The molecule has 3 nitrogen and oxygen atoms in total. The van der Waals surface area contributed by atoms with E-state index in [1.54, 1.807) is 0 Å². The van der Waals surface area contributed by atoms with Gasteiger partial charge in [0.15, 0.2) is 5.78 Å². The van der Waals surface area contributed by atoms with E-state index >= 15 is 0 Å². The number of aromatic nitrogens is 1. The lowest BCUT2D eigenvalue weighted by Crippen LogP contribution is -2.42. The number of piperidine rings is 1. The van der Waals surface area contributed by atoms with E-state index < -0.39 is 0 Å². The number of benzene rings is 1. The zero-order valence-corrected chi connectivity index (χ0v) is 13.0. The van der Waals surface area contributed by atoms with Crippen LogP contribution in [0.15, 0.2) is 24.4 Å². The first kappa shape index (κ1) is 14.3. The number of Topliss-reactive ketones (excluding diaryl/α,β-unsaturated/α-hetero) is 1. The van der Waals surface area contributed by atoms with E-state index in [0.717, 1.165) is 29.4 Å². The molecule has 1 aromatic carbocycles. The molecule has 112 valence electrons.